The zero-order valence-electron chi connectivity index (χ0n) is 79.1. The Balaban J connectivity index is 0.745. The Kier molecular flexibility index (Phi) is 20.1. The Bertz CT molecular complexity index is 7330. The van der Waals surface area contributed by atoms with Crippen LogP contribution < -0.4 is 26.2 Å². The molecule has 0 unspecified atom stereocenters. The van der Waals surface area contributed by atoms with Crippen molar-refractivity contribution in [3.63, 3.8) is 0 Å². The maximum absolute atomic E-state index is 2.83. The molecule has 4 heterocycles. The molecule has 0 bridgehead atoms. The van der Waals surface area contributed by atoms with Gasteiger partial charge in [0, 0.05) is 80.6 Å². The van der Waals surface area contributed by atoms with Gasteiger partial charge >= 0.3 is 0 Å². The number of rotatable bonds is 17. The summed E-state index contributed by atoms with van der Waals surface area (Å²) in [6.07, 6.45) is 5.81. The highest BCUT2D eigenvalue weighted by Gasteiger charge is 2.52. The van der Waals surface area contributed by atoms with E-state index in [1.165, 1.54) is 216 Å². The Labute approximate surface area is 776 Å². The molecule has 2 aliphatic carbocycles. The van der Waals surface area contributed by atoms with Gasteiger partial charge in [-0.15, -0.1) is 0 Å². The summed E-state index contributed by atoms with van der Waals surface area (Å²) in [6.45, 7) is 37.9. The van der Waals surface area contributed by atoms with E-state index in [0.717, 1.165) is 57.3 Å². The van der Waals surface area contributed by atoms with Gasteiger partial charge in [-0.3, -0.25) is 0 Å². The van der Waals surface area contributed by atoms with E-state index in [-0.39, 0.29) is 33.8 Å². The van der Waals surface area contributed by atoms with Crippen LogP contribution in [-0.4, -0.2) is 28.9 Å². The SMILES string of the molecule is CC(C)(C)c1cc(-c2ccccc2)c(CCCCCN2c3cc(-n4c5ccccc5c5cc6c(cc54)C4(c5ccccc5-c5ccccc54)c4ccccc4-6)ccc3B3c4ccc(Cn5c6ccc(C(C)(C)C)cc6c6cc(C(C)(C)C)ccc65)cc4N(CCCc4c(-c5ccccc5)cc(C(C)(C)C)cc4-c4ccccc4)c4cc(C(C)(C)C)cc2c43)c(-c2ccccc2)c1. The maximum atomic E-state index is 2.83. The third kappa shape index (κ3) is 14.1. The number of nitrogens with zero attached hydrogens (tertiary/aromatic N) is 4. The molecule has 4 aliphatic rings. The average molecular weight is 1700 g/mol. The van der Waals surface area contributed by atoms with Gasteiger partial charge in [0.2, 0.25) is 0 Å². The van der Waals surface area contributed by atoms with Crippen LogP contribution in [0.1, 0.15) is 196 Å². The fourth-order valence-corrected chi connectivity index (χ4v) is 23.0. The monoisotopic (exact) mass is 1700 g/mol. The Morgan fingerprint density at radius 3 is 1.13 bits per heavy atom. The minimum absolute atomic E-state index is 0.0194. The third-order valence-corrected chi connectivity index (χ3v) is 29.9. The second kappa shape index (κ2) is 31.5. The van der Waals surface area contributed by atoms with Crippen molar-refractivity contribution in [2.24, 2.45) is 0 Å². The number of unbranched alkanes of at least 4 members (excludes halogenated alkanes) is 2. The Morgan fingerprint density at radius 2 is 0.656 bits per heavy atom. The second-order valence-corrected chi connectivity index (χ2v) is 43.2. The first-order chi connectivity index (χ1) is 63.1. The molecule has 0 radical (unpaired) electrons. The van der Waals surface area contributed by atoms with Crippen LogP contribution in [0.4, 0.5) is 22.7 Å². The molecule has 0 amide bonds. The summed E-state index contributed by atoms with van der Waals surface area (Å²) in [5.74, 6) is 0. The molecular formula is C126H119BN4. The van der Waals surface area contributed by atoms with E-state index in [1.807, 2.05) is 0 Å². The lowest BCUT2D eigenvalue weighted by molar-refractivity contribution is 0.590. The summed E-state index contributed by atoms with van der Waals surface area (Å²) in [4.78, 5) is 5.66. The molecule has 22 rings (SSSR count). The highest BCUT2D eigenvalue weighted by Crippen LogP contribution is 2.64. The molecule has 2 aliphatic heterocycles. The molecule has 2 aromatic heterocycles. The molecule has 5 heteroatoms. The van der Waals surface area contributed by atoms with Gasteiger partial charge in [-0.1, -0.05) is 377 Å². The summed E-state index contributed by atoms with van der Waals surface area (Å²) in [5, 5.41) is 5.16. The summed E-state index contributed by atoms with van der Waals surface area (Å²) in [5.41, 5.74) is 46.5. The lowest BCUT2D eigenvalue weighted by Gasteiger charge is -2.45. The van der Waals surface area contributed by atoms with Crippen LogP contribution in [0.15, 0.2) is 340 Å². The minimum Gasteiger partial charge on any atom is -0.342 e. The number of anilines is 4. The number of hydrogen-bond acceptors (Lipinski definition) is 2. The van der Waals surface area contributed by atoms with E-state index in [0.29, 0.717) is 6.54 Å². The average Bonchev–Trinajstić information content (AvgIpc) is 1.51. The van der Waals surface area contributed by atoms with Crippen LogP contribution in [-0.2, 0) is 51.9 Å². The Morgan fingerprint density at radius 1 is 0.260 bits per heavy atom. The van der Waals surface area contributed by atoms with Crippen molar-refractivity contribution in [3.05, 3.63) is 406 Å². The van der Waals surface area contributed by atoms with E-state index in [9.17, 15) is 0 Å². The molecule has 0 atom stereocenters. The van der Waals surface area contributed by atoms with Crippen molar-refractivity contribution in [3.8, 4) is 72.4 Å². The van der Waals surface area contributed by atoms with Crippen molar-refractivity contribution >= 4 is 89.5 Å². The van der Waals surface area contributed by atoms with Crippen molar-refractivity contribution in [1.82, 2.24) is 9.13 Å². The van der Waals surface area contributed by atoms with E-state index in [4.69, 9.17) is 0 Å². The zero-order chi connectivity index (χ0) is 89.9. The fourth-order valence-electron chi connectivity index (χ4n) is 23.0. The highest BCUT2D eigenvalue weighted by atomic mass is 15.2. The van der Waals surface area contributed by atoms with Gasteiger partial charge in [-0.25, -0.2) is 0 Å². The normalized spacial score (nSPS) is 13.7. The molecule has 16 aromatic carbocycles. The summed E-state index contributed by atoms with van der Waals surface area (Å²) >= 11 is 0. The zero-order valence-corrected chi connectivity index (χ0v) is 79.1. The topological polar surface area (TPSA) is 16.3 Å². The van der Waals surface area contributed by atoms with Crippen LogP contribution in [0.3, 0.4) is 0 Å². The fraction of sp³-hybridized carbons (Fsp3) is 0.238. The minimum atomic E-state index is -0.513. The lowest BCUT2D eigenvalue weighted by Crippen LogP contribution is -2.62. The largest absolute Gasteiger partial charge is 0.342 e. The molecular weight excluding hydrogens is 1580 g/mol. The van der Waals surface area contributed by atoms with Crippen LogP contribution >= 0.6 is 0 Å². The first kappa shape index (κ1) is 83.4. The number of aromatic nitrogens is 2. The van der Waals surface area contributed by atoms with Crippen molar-refractivity contribution in [1.29, 1.82) is 0 Å². The number of fused-ring (bicyclic) bond motifs is 20. The smallest absolute Gasteiger partial charge is 0.252 e. The van der Waals surface area contributed by atoms with Crippen LogP contribution in [0.5, 0.6) is 0 Å². The van der Waals surface area contributed by atoms with Gasteiger partial charge < -0.3 is 18.9 Å². The molecule has 0 saturated heterocycles. The first-order valence-corrected chi connectivity index (χ1v) is 48.2. The lowest BCUT2D eigenvalue weighted by atomic mass is 9.33. The predicted molar refractivity (Wildman–Crippen MR) is 561 cm³/mol. The third-order valence-electron chi connectivity index (χ3n) is 29.9. The van der Waals surface area contributed by atoms with Crippen LogP contribution in [0, 0.1) is 0 Å². The highest BCUT2D eigenvalue weighted by molar-refractivity contribution is 7.00. The molecule has 131 heavy (non-hydrogen) atoms. The van der Waals surface area contributed by atoms with Crippen LogP contribution in [0.2, 0.25) is 0 Å². The van der Waals surface area contributed by atoms with E-state index >= 15 is 0 Å². The predicted octanol–water partition coefficient (Wildman–Crippen LogP) is 30.9. The van der Waals surface area contributed by atoms with Crippen LogP contribution in [0.25, 0.3) is 116 Å². The second-order valence-electron chi connectivity index (χ2n) is 43.2. The molecule has 0 saturated carbocycles. The van der Waals surface area contributed by atoms with Crippen molar-refractivity contribution in [2.45, 2.75) is 181 Å². The summed E-state index contributed by atoms with van der Waals surface area (Å²) in [7, 11) is 0. The number of hydrogen-bond donors (Lipinski definition) is 0. The van der Waals surface area contributed by atoms with Gasteiger partial charge in [0.1, 0.15) is 0 Å². The molecule has 4 nitrogen and oxygen atoms in total. The van der Waals surface area contributed by atoms with Crippen molar-refractivity contribution in [2.75, 3.05) is 22.9 Å². The van der Waals surface area contributed by atoms with Gasteiger partial charge in [0.25, 0.3) is 6.71 Å². The van der Waals surface area contributed by atoms with Gasteiger partial charge in [-0.2, -0.15) is 0 Å². The molecule has 18 aromatic rings. The number of benzene rings is 16. The van der Waals surface area contributed by atoms with Gasteiger partial charge in [0.15, 0.2) is 0 Å². The van der Waals surface area contributed by atoms with E-state index in [2.05, 4.69) is 463 Å². The van der Waals surface area contributed by atoms with Gasteiger partial charge in [-0.05, 0) is 282 Å². The standard InChI is InChI=1S/C126H119BN4/c1-121(2,3)86-59-64-112-103(69-86)104-70-87(122(4,5)6)60-65-113(104)130(112)80-81-58-62-110-116(68-81)129(67-39-53-93-100(84-44-25-18-26-45-84)73-89(124(10,11)12)74-101(93)85-46-27-19-28-47-85)119-76-90(125(13,14)15)75-118-120(119)127(110)111-63-61-91(77-117(111)128(118)66-38-20-29-48-92-98(82-40-21-16-22-41-82)71-88(123(7,8)9)72-99(92)83-42-23-17-24-43-83)131-114-57-37-33-52-97(114)105-78-102-96-51-32-36-56-108(96)126(109(102)79-115(105)131)106-54-34-30-49-94(106)95-50-31-35-55-107(95)126/h16-19,21-28,30-37,40-47,49-52,54-65,68-79H,20,29,38-39,48,53,66-67,80H2,1-15H3. The molecule has 0 fully saturated rings. The summed E-state index contributed by atoms with van der Waals surface area (Å²) < 4.78 is 5.28. The molecule has 0 N–H and O–H groups in total. The molecule has 646 valence electrons. The van der Waals surface area contributed by atoms with E-state index < -0.39 is 5.41 Å². The summed E-state index contributed by atoms with van der Waals surface area (Å²) in [6, 6.07) is 133. The first-order valence-electron chi connectivity index (χ1n) is 48.2. The van der Waals surface area contributed by atoms with E-state index in [1.54, 1.807) is 0 Å². The maximum Gasteiger partial charge on any atom is 0.252 e. The molecule has 1 spiro atoms. The van der Waals surface area contributed by atoms with Crippen molar-refractivity contribution < 1.29 is 0 Å². The Hall–Kier alpha value is -13.2. The number of para-hydroxylation sites is 1. The quantitative estimate of drug-likeness (QED) is 0.0667. The van der Waals surface area contributed by atoms with Gasteiger partial charge in [0.05, 0.1) is 16.4 Å².